The summed E-state index contributed by atoms with van der Waals surface area (Å²) in [6, 6.07) is 5.73. The number of tetrazole rings is 1. The number of aromatic amines is 1. The van der Waals surface area contributed by atoms with Crippen molar-refractivity contribution >= 4 is 5.97 Å². The fourth-order valence-corrected chi connectivity index (χ4v) is 1.11. The maximum Gasteiger partial charge on any atom is 0.365 e. The molecule has 0 radical (unpaired) electrons. The van der Waals surface area contributed by atoms with Crippen LogP contribution in [0.3, 0.4) is 0 Å². The zero-order valence-electron chi connectivity index (χ0n) is 7.41. The number of H-pyrrole nitrogens is 1. The summed E-state index contributed by atoms with van der Waals surface area (Å²) in [5.41, 5.74) is 0.132. The first kappa shape index (κ1) is 9.13. The van der Waals surface area contributed by atoms with Gasteiger partial charge in [-0.2, -0.15) is 4.68 Å². The predicted octanol–water partition coefficient (Wildman–Crippen LogP) is -0.346. The number of carboxylic acids is 1. The van der Waals surface area contributed by atoms with E-state index in [0.717, 1.165) is 4.68 Å². The number of rotatable bonds is 2. The molecule has 0 spiro atoms. The zero-order valence-corrected chi connectivity index (χ0v) is 7.41. The summed E-state index contributed by atoms with van der Waals surface area (Å²) in [7, 11) is 0. The largest absolute Gasteiger partial charge is 0.478 e. The van der Waals surface area contributed by atoms with E-state index in [1.807, 2.05) is 0 Å². The van der Waals surface area contributed by atoms with Crippen molar-refractivity contribution in [2.24, 2.45) is 0 Å². The minimum atomic E-state index is -1.02. The van der Waals surface area contributed by atoms with Crippen molar-refractivity contribution in [3.63, 3.8) is 0 Å². The van der Waals surface area contributed by atoms with Crippen molar-refractivity contribution in [1.29, 1.82) is 0 Å². The Kier molecular flexibility index (Phi) is 2.05. The zero-order chi connectivity index (χ0) is 10.8. The maximum atomic E-state index is 11.1. The summed E-state index contributed by atoms with van der Waals surface area (Å²) in [5, 5.41) is 17.6. The van der Waals surface area contributed by atoms with Crippen LogP contribution in [-0.4, -0.2) is 31.3 Å². The highest BCUT2D eigenvalue weighted by molar-refractivity contribution is 5.87. The minimum absolute atomic E-state index is 0.148. The highest BCUT2D eigenvalue weighted by Crippen LogP contribution is 2.05. The van der Waals surface area contributed by atoms with Gasteiger partial charge in [0, 0.05) is 0 Å². The van der Waals surface area contributed by atoms with Gasteiger partial charge in [-0.1, -0.05) is 0 Å². The van der Waals surface area contributed by atoms with E-state index in [0.29, 0.717) is 5.69 Å². The van der Waals surface area contributed by atoms with E-state index in [9.17, 15) is 9.59 Å². The molecule has 0 amide bonds. The van der Waals surface area contributed by atoms with E-state index in [2.05, 4.69) is 15.5 Å². The summed E-state index contributed by atoms with van der Waals surface area (Å²) < 4.78 is 1.03. The molecule has 1 aromatic heterocycles. The third-order valence-electron chi connectivity index (χ3n) is 1.83. The monoisotopic (exact) mass is 206 g/mol. The molecule has 1 aromatic carbocycles. The molecule has 2 rings (SSSR count). The average Bonchev–Trinajstić information content (AvgIpc) is 2.65. The summed E-state index contributed by atoms with van der Waals surface area (Å²) in [6.45, 7) is 0. The molecule has 0 unspecified atom stereocenters. The number of hydrogen-bond acceptors (Lipinski definition) is 4. The van der Waals surface area contributed by atoms with E-state index in [1.54, 1.807) is 0 Å². The lowest BCUT2D eigenvalue weighted by Crippen LogP contribution is -2.15. The molecule has 7 heteroatoms. The number of carbonyl (C=O) groups is 1. The van der Waals surface area contributed by atoms with Crippen LogP contribution in [0.15, 0.2) is 29.1 Å². The fourth-order valence-electron chi connectivity index (χ4n) is 1.11. The molecule has 7 nitrogen and oxygen atoms in total. The molecular formula is C8H6N4O3. The Morgan fingerprint density at radius 3 is 2.47 bits per heavy atom. The summed E-state index contributed by atoms with van der Waals surface area (Å²) in [5.74, 6) is -1.02. The molecular weight excluding hydrogens is 200 g/mol. The molecule has 0 fully saturated rings. The third kappa shape index (κ3) is 1.62. The average molecular weight is 206 g/mol. The molecule has 2 N–H and O–H groups in total. The second-order valence-electron chi connectivity index (χ2n) is 2.77. The Labute approximate surface area is 83.0 Å². The molecule has 0 atom stereocenters. The minimum Gasteiger partial charge on any atom is -0.478 e. The normalized spacial score (nSPS) is 10.1. The topological polar surface area (TPSA) is 101 Å². The van der Waals surface area contributed by atoms with E-state index in [1.165, 1.54) is 24.3 Å². The molecule has 1 heterocycles. The lowest BCUT2D eigenvalue weighted by molar-refractivity contribution is 0.0697. The lowest BCUT2D eigenvalue weighted by Gasteiger charge is -1.98. The summed E-state index contributed by atoms with van der Waals surface area (Å²) in [4.78, 5) is 21.7. The van der Waals surface area contributed by atoms with Crippen LogP contribution >= 0.6 is 0 Å². The Morgan fingerprint density at radius 2 is 2.00 bits per heavy atom. The van der Waals surface area contributed by atoms with Crippen molar-refractivity contribution in [3.8, 4) is 5.69 Å². The Bertz CT molecular complexity index is 540. The van der Waals surface area contributed by atoms with Crippen molar-refractivity contribution in [2.45, 2.75) is 0 Å². The van der Waals surface area contributed by atoms with Gasteiger partial charge in [0.05, 0.1) is 11.3 Å². The van der Waals surface area contributed by atoms with E-state index >= 15 is 0 Å². The van der Waals surface area contributed by atoms with Crippen LogP contribution in [0.25, 0.3) is 5.69 Å². The van der Waals surface area contributed by atoms with Crippen molar-refractivity contribution in [3.05, 3.63) is 40.3 Å². The number of nitrogens with one attached hydrogen (secondary N) is 1. The number of nitrogens with zero attached hydrogens (tertiary/aromatic N) is 3. The SMILES string of the molecule is O=C(O)c1ccc(-n2nn[nH]c2=O)cc1. The van der Waals surface area contributed by atoms with Crippen LogP contribution in [0, 0.1) is 0 Å². The maximum absolute atomic E-state index is 11.1. The van der Waals surface area contributed by atoms with Gasteiger partial charge in [-0.3, -0.25) is 0 Å². The summed E-state index contributed by atoms with van der Waals surface area (Å²) >= 11 is 0. The highest BCUT2D eigenvalue weighted by Gasteiger charge is 2.05. The molecule has 0 aliphatic rings. The number of carboxylic acid groups (broad SMARTS) is 1. The van der Waals surface area contributed by atoms with Crippen LogP contribution in [0.2, 0.25) is 0 Å². The van der Waals surface area contributed by atoms with Gasteiger partial charge in [0.25, 0.3) is 0 Å². The van der Waals surface area contributed by atoms with E-state index < -0.39 is 11.7 Å². The Balaban J connectivity index is 2.44. The first-order valence-electron chi connectivity index (χ1n) is 4.02. The fraction of sp³-hybridized carbons (Fsp3) is 0. The highest BCUT2D eigenvalue weighted by atomic mass is 16.4. The number of hydrogen-bond donors (Lipinski definition) is 2. The quantitative estimate of drug-likeness (QED) is 0.699. The number of aromatic carboxylic acids is 1. The smallest absolute Gasteiger partial charge is 0.365 e. The standard InChI is InChI=1S/C8H6N4O3/c13-7(14)5-1-3-6(4-2-5)12-8(15)9-10-11-12/h1-4H,(H,13,14)(H,9,11,15). The van der Waals surface area contributed by atoms with Crippen molar-refractivity contribution in [2.75, 3.05) is 0 Å². The second-order valence-corrected chi connectivity index (χ2v) is 2.77. The van der Waals surface area contributed by atoms with Crippen LogP contribution < -0.4 is 5.69 Å². The van der Waals surface area contributed by atoms with Gasteiger partial charge in [0.15, 0.2) is 0 Å². The Morgan fingerprint density at radius 1 is 1.33 bits per heavy atom. The molecule has 2 aromatic rings. The molecule has 0 saturated heterocycles. The van der Waals surface area contributed by atoms with Gasteiger partial charge in [-0.15, -0.1) is 0 Å². The molecule has 0 saturated carbocycles. The molecule has 0 aliphatic heterocycles. The van der Waals surface area contributed by atoms with Gasteiger partial charge in [0.2, 0.25) is 0 Å². The van der Waals surface area contributed by atoms with Crippen LogP contribution in [0.4, 0.5) is 0 Å². The summed E-state index contributed by atoms with van der Waals surface area (Å²) in [6.07, 6.45) is 0. The van der Waals surface area contributed by atoms with E-state index in [-0.39, 0.29) is 5.56 Å². The van der Waals surface area contributed by atoms with Gasteiger partial charge < -0.3 is 5.11 Å². The van der Waals surface area contributed by atoms with Gasteiger partial charge in [0.1, 0.15) is 0 Å². The second kappa shape index (κ2) is 3.37. The van der Waals surface area contributed by atoms with E-state index in [4.69, 9.17) is 5.11 Å². The Hall–Kier alpha value is -2.44. The predicted molar refractivity (Wildman–Crippen MR) is 48.9 cm³/mol. The number of benzene rings is 1. The molecule has 76 valence electrons. The van der Waals surface area contributed by atoms with Crippen molar-refractivity contribution in [1.82, 2.24) is 20.2 Å². The molecule has 15 heavy (non-hydrogen) atoms. The molecule has 0 aliphatic carbocycles. The third-order valence-corrected chi connectivity index (χ3v) is 1.83. The van der Waals surface area contributed by atoms with Gasteiger partial charge in [-0.05, 0) is 34.7 Å². The first-order valence-corrected chi connectivity index (χ1v) is 4.02. The van der Waals surface area contributed by atoms with Crippen LogP contribution in [0.5, 0.6) is 0 Å². The number of aromatic nitrogens is 4. The van der Waals surface area contributed by atoms with Crippen molar-refractivity contribution < 1.29 is 9.90 Å². The van der Waals surface area contributed by atoms with Gasteiger partial charge >= 0.3 is 11.7 Å². The van der Waals surface area contributed by atoms with Crippen LogP contribution in [-0.2, 0) is 0 Å². The van der Waals surface area contributed by atoms with Crippen LogP contribution in [0.1, 0.15) is 10.4 Å². The first-order chi connectivity index (χ1) is 7.18. The van der Waals surface area contributed by atoms with Gasteiger partial charge in [-0.25, -0.2) is 14.7 Å². The lowest BCUT2D eigenvalue weighted by atomic mass is 10.2. The molecule has 0 bridgehead atoms.